The van der Waals surface area contributed by atoms with Crippen molar-refractivity contribution in [2.24, 2.45) is 0 Å². The SMILES string of the molecule is Fc1c2c(c(F)c3c1C1C=CC3O1)C1C=CC2O1. The number of benzene rings is 1. The molecule has 4 atom stereocenters. The summed E-state index contributed by atoms with van der Waals surface area (Å²) in [6, 6.07) is 0. The summed E-state index contributed by atoms with van der Waals surface area (Å²) in [6.07, 6.45) is 5.39. The summed E-state index contributed by atoms with van der Waals surface area (Å²) < 4.78 is 40.2. The Morgan fingerprint density at radius 2 is 0.889 bits per heavy atom. The van der Waals surface area contributed by atoms with Gasteiger partial charge in [-0.1, -0.05) is 24.3 Å². The standard InChI is InChI=1S/C14H8F2O2/c15-13-9-5-1-2-6(17-5)10(9)14(16)12-8-4-3-7(18-8)11(12)13/h1-8H. The fourth-order valence-electron chi connectivity index (χ4n) is 3.43. The van der Waals surface area contributed by atoms with Gasteiger partial charge in [0.1, 0.15) is 36.1 Å². The van der Waals surface area contributed by atoms with Crippen LogP contribution in [0, 0.1) is 11.6 Å². The molecule has 0 saturated carbocycles. The van der Waals surface area contributed by atoms with Gasteiger partial charge in [0, 0.05) is 22.3 Å². The van der Waals surface area contributed by atoms with Crippen molar-refractivity contribution in [1.82, 2.24) is 0 Å². The molecule has 4 aliphatic rings. The molecule has 0 fully saturated rings. The second-order valence-corrected chi connectivity index (χ2v) is 5.01. The third-order valence-electron chi connectivity index (χ3n) is 4.17. The third-order valence-corrected chi connectivity index (χ3v) is 4.17. The maximum Gasteiger partial charge on any atom is 0.136 e. The second-order valence-electron chi connectivity index (χ2n) is 5.01. The van der Waals surface area contributed by atoms with E-state index in [1.165, 1.54) is 0 Å². The average molecular weight is 246 g/mol. The Kier molecular flexibility index (Phi) is 1.43. The van der Waals surface area contributed by atoms with Crippen LogP contribution in [0.3, 0.4) is 0 Å². The van der Waals surface area contributed by atoms with Crippen LogP contribution in [0.15, 0.2) is 24.3 Å². The minimum Gasteiger partial charge on any atom is -0.357 e. The molecule has 5 rings (SSSR count). The number of hydrogen-bond donors (Lipinski definition) is 0. The van der Waals surface area contributed by atoms with E-state index < -0.39 is 24.4 Å². The first-order valence-electron chi connectivity index (χ1n) is 5.98. The molecule has 4 unspecified atom stereocenters. The van der Waals surface area contributed by atoms with E-state index in [1.54, 1.807) is 24.3 Å². The zero-order valence-corrected chi connectivity index (χ0v) is 9.19. The predicted octanol–water partition coefficient (Wildman–Crippen LogP) is 3.33. The first kappa shape index (κ1) is 9.42. The average Bonchev–Trinajstić information content (AvgIpc) is 3.10. The topological polar surface area (TPSA) is 18.5 Å². The quantitative estimate of drug-likeness (QED) is 0.654. The van der Waals surface area contributed by atoms with E-state index >= 15 is 0 Å². The smallest absolute Gasteiger partial charge is 0.136 e. The molecule has 1 aromatic carbocycles. The molecular weight excluding hydrogens is 238 g/mol. The van der Waals surface area contributed by atoms with E-state index in [0.29, 0.717) is 22.3 Å². The molecule has 0 saturated heterocycles. The summed E-state index contributed by atoms with van der Waals surface area (Å²) >= 11 is 0. The van der Waals surface area contributed by atoms with E-state index in [-0.39, 0.29) is 11.6 Å². The van der Waals surface area contributed by atoms with Crippen molar-refractivity contribution in [2.45, 2.75) is 24.4 Å². The molecule has 0 N–H and O–H groups in total. The van der Waals surface area contributed by atoms with Gasteiger partial charge in [0.05, 0.1) is 0 Å². The van der Waals surface area contributed by atoms with Crippen molar-refractivity contribution < 1.29 is 18.3 Å². The Morgan fingerprint density at radius 1 is 0.611 bits per heavy atom. The molecule has 18 heavy (non-hydrogen) atoms. The van der Waals surface area contributed by atoms with Gasteiger partial charge in [-0.3, -0.25) is 0 Å². The summed E-state index contributed by atoms with van der Waals surface area (Å²) in [6.45, 7) is 0. The summed E-state index contributed by atoms with van der Waals surface area (Å²) in [5.74, 6) is -0.704. The lowest BCUT2D eigenvalue weighted by molar-refractivity contribution is 0.0796. The van der Waals surface area contributed by atoms with Gasteiger partial charge in [0.15, 0.2) is 0 Å². The molecule has 0 radical (unpaired) electrons. The minimum atomic E-state index is -0.437. The summed E-state index contributed by atoms with van der Waals surface area (Å²) in [7, 11) is 0. The summed E-state index contributed by atoms with van der Waals surface area (Å²) in [4.78, 5) is 0. The molecule has 4 heterocycles. The van der Waals surface area contributed by atoms with Gasteiger partial charge in [0.25, 0.3) is 0 Å². The predicted molar refractivity (Wildman–Crippen MR) is 57.8 cm³/mol. The van der Waals surface area contributed by atoms with Crippen LogP contribution in [0.2, 0.25) is 0 Å². The Labute approximate surface area is 102 Å². The lowest BCUT2D eigenvalue weighted by Crippen LogP contribution is -2.10. The van der Waals surface area contributed by atoms with Crippen molar-refractivity contribution in [1.29, 1.82) is 0 Å². The Balaban J connectivity index is 1.90. The summed E-state index contributed by atoms with van der Waals surface area (Å²) in [5, 5.41) is 0. The second kappa shape index (κ2) is 2.73. The van der Waals surface area contributed by atoms with Gasteiger partial charge in [-0.15, -0.1) is 0 Å². The zero-order chi connectivity index (χ0) is 12.0. The molecule has 0 aromatic heterocycles. The number of rotatable bonds is 0. The third kappa shape index (κ3) is 0.825. The van der Waals surface area contributed by atoms with E-state index in [1.807, 2.05) is 0 Å². The molecule has 0 spiro atoms. The van der Waals surface area contributed by atoms with E-state index in [0.717, 1.165) is 0 Å². The van der Waals surface area contributed by atoms with Crippen LogP contribution < -0.4 is 0 Å². The maximum absolute atomic E-state index is 14.6. The molecule has 4 heteroatoms. The van der Waals surface area contributed by atoms with E-state index in [2.05, 4.69) is 0 Å². The first-order chi connectivity index (χ1) is 8.75. The van der Waals surface area contributed by atoms with Crippen LogP contribution in [-0.2, 0) is 9.47 Å². The fraction of sp³-hybridized carbons (Fsp3) is 0.286. The van der Waals surface area contributed by atoms with Crippen LogP contribution in [-0.4, -0.2) is 0 Å². The van der Waals surface area contributed by atoms with Crippen molar-refractivity contribution in [3.05, 3.63) is 58.2 Å². The monoisotopic (exact) mass is 246 g/mol. The number of fused-ring (bicyclic) bond motifs is 10. The van der Waals surface area contributed by atoms with E-state index in [9.17, 15) is 8.78 Å². The van der Waals surface area contributed by atoms with Crippen molar-refractivity contribution >= 4 is 0 Å². The van der Waals surface area contributed by atoms with Crippen molar-refractivity contribution in [2.75, 3.05) is 0 Å². The molecule has 0 aliphatic carbocycles. The number of ether oxygens (including phenoxy) is 2. The molecule has 0 amide bonds. The Hall–Kier alpha value is -1.52. The van der Waals surface area contributed by atoms with Crippen LogP contribution in [0.25, 0.3) is 0 Å². The minimum absolute atomic E-state index is 0.352. The normalized spacial score (nSPS) is 36.6. The Morgan fingerprint density at radius 3 is 1.17 bits per heavy atom. The molecule has 2 nitrogen and oxygen atoms in total. The highest BCUT2D eigenvalue weighted by molar-refractivity contribution is 5.55. The van der Waals surface area contributed by atoms with Crippen LogP contribution in [0.1, 0.15) is 46.7 Å². The molecule has 90 valence electrons. The van der Waals surface area contributed by atoms with Crippen LogP contribution in [0.4, 0.5) is 8.78 Å². The van der Waals surface area contributed by atoms with Gasteiger partial charge in [-0.25, -0.2) is 8.78 Å². The number of halogens is 2. The molecule has 4 bridgehead atoms. The van der Waals surface area contributed by atoms with Gasteiger partial charge < -0.3 is 9.47 Å². The number of hydrogen-bond acceptors (Lipinski definition) is 2. The van der Waals surface area contributed by atoms with Gasteiger partial charge in [-0.05, 0) is 0 Å². The molecule has 4 aliphatic heterocycles. The van der Waals surface area contributed by atoms with Crippen LogP contribution in [0.5, 0.6) is 0 Å². The van der Waals surface area contributed by atoms with Crippen molar-refractivity contribution in [3.8, 4) is 0 Å². The lowest BCUT2D eigenvalue weighted by Gasteiger charge is -2.17. The van der Waals surface area contributed by atoms with E-state index in [4.69, 9.17) is 9.47 Å². The van der Waals surface area contributed by atoms with Gasteiger partial charge in [-0.2, -0.15) is 0 Å². The van der Waals surface area contributed by atoms with Crippen molar-refractivity contribution in [3.63, 3.8) is 0 Å². The molecule has 1 aromatic rings. The van der Waals surface area contributed by atoms with Crippen LogP contribution >= 0.6 is 0 Å². The first-order valence-corrected chi connectivity index (χ1v) is 5.98. The largest absolute Gasteiger partial charge is 0.357 e. The fourth-order valence-corrected chi connectivity index (χ4v) is 3.43. The van der Waals surface area contributed by atoms with Gasteiger partial charge in [0.2, 0.25) is 0 Å². The van der Waals surface area contributed by atoms with Gasteiger partial charge >= 0.3 is 0 Å². The zero-order valence-electron chi connectivity index (χ0n) is 9.19. The highest BCUT2D eigenvalue weighted by atomic mass is 19.1. The molecular formula is C14H8F2O2. The lowest BCUT2D eigenvalue weighted by atomic mass is 9.86. The summed E-state index contributed by atoms with van der Waals surface area (Å²) in [5.41, 5.74) is 1.46. The Bertz CT molecular complexity index is 556. The maximum atomic E-state index is 14.6. The highest BCUT2D eigenvalue weighted by Gasteiger charge is 2.47. The highest BCUT2D eigenvalue weighted by Crippen LogP contribution is 2.55.